The first-order chi connectivity index (χ1) is 10.9. The summed E-state index contributed by atoms with van der Waals surface area (Å²) in [7, 11) is -2.38. The molecule has 2 aromatic rings. The summed E-state index contributed by atoms with van der Waals surface area (Å²) in [6.45, 7) is 1.89. The number of methoxy groups -OCH3 is 1. The van der Waals surface area contributed by atoms with Gasteiger partial charge in [0.25, 0.3) is 10.0 Å². The highest BCUT2D eigenvalue weighted by atomic mass is 32.2. The number of carbonyl (C=O) groups excluding carboxylic acids is 1. The second-order valence-corrected chi connectivity index (χ2v) is 7.31. The van der Waals surface area contributed by atoms with Crippen molar-refractivity contribution in [2.45, 2.75) is 24.3 Å². The normalized spacial score (nSPS) is 17.0. The summed E-state index contributed by atoms with van der Waals surface area (Å²) in [6, 6.07) is 13.2. The van der Waals surface area contributed by atoms with Crippen LogP contribution in [-0.2, 0) is 21.2 Å². The Kier molecular flexibility index (Phi) is 3.85. The van der Waals surface area contributed by atoms with E-state index < -0.39 is 16.0 Å². The molecule has 5 nitrogen and oxygen atoms in total. The third-order valence-corrected chi connectivity index (χ3v) is 5.92. The van der Waals surface area contributed by atoms with Crippen LogP contribution in [0.25, 0.3) is 0 Å². The predicted molar refractivity (Wildman–Crippen MR) is 87.1 cm³/mol. The number of para-hydroxylation sites is 1. The SMILES string of the molecule is COC(=O)c1ccc(S(=O)(=O)N2c3ccccc3C[C@H]2C)cc1. The van der Waals surface area contributed by atoms with E-state index >= 15 is 0 Å². The van der Waals surface area contributed by atoms with Crippen LogP contribution in [-0.4, -0.2) is 27.5 Å². The molecule has 0 bridgehead atoms. The maximum Gasteiger partial charge on any atom is 0.337 e. The fourth-order valence-corrected chi connectivity index (χ4v) is 4.59. The second-order valence-electron chi connectivity index (χ2n) is 5.50. The predicted octanol–water partition coefficient (Wildman–Crippen LogP) is 2.61. The van der Waals surface area contributed by atoms with E-state index in [1.807, 2.05) is 31.2 Å². The van der Waals surface area contributed by atoms with Gasteiger partial charge in [-0.2, -0.15) is 0 Å². The molecule has 23 heavy (non-hydrogen) atoms. The Balaban J connectivity index is 2.01. The Hall–Kier alpha value is -2.34. The van der Waals surface area contributed by atoms with Crippen molar-refractivity contribution in [1.29, 1.82) is 0 Å². The molecule has 0 aliphatic carbocycles. The number of rotatable bonds is 3. The van der Waals surface area contributed by atoms with E-state index in [4.69, 9.17) is 0 Å². The average Bonchev–Trinajstić information content (AvgIpc) is 2.90. The Morgan fingerprint density at radius 1 is 1.13 bits per heavy atom. The van der Waals surface area contributed by atoms with Gasteiger partial charge in [-0.25, -0.2) is 13.2 Å². The molecule has 3 rings (SSSR count). The summed E-state index contributed by atoms with van der Waals surface area (Å²) in [4.78, 5) is 11.6. The quantitative estimate of drug-likeness (QED) is 0.811. The Morgan fingerprint density at radius 2 is 1.78 bits per heavy atom. The number of hydrogen-bond acceptors (Lipinski definition) is 4. The van der Waals surface area contributed by atoms with Gasteiger partial charge in [0.05, 0.1) is 23.3 Å². The molecule has 2 aromatic carbocycles. The van der Waals surface area contributed by atoms with Crippen molar-refractivity contribution in [2.24, 2.45) is 0 Å². The number of sulfonamides is 1. The first-order valence-electron chi connectivity index (χ1n) is 7.26. The van der Waals surface area contributed by atoms with Crippen LogP contribution in [0.2, 0.25) is 0 Å². The molecule has 0 amide bonds. The molecule has 0 saturated heterocycles. The number of esters is 1. The molecular weight excluding hydrogens is 314 g/mol. The topological polar surface area (TPSA) is 63.7 Å². The van der Waals surface area contributed by atoms with Crippen LogP contribution in [0.1, 0.15) is 22.8 Å². The van der Waals surface area contributed by atoms with Crippen molar-refractivity contribution >= 4 is 21.7 Å². The fourth-order valence-electron chi connectivity index (χ4n) is 2.90. The summed E-state index contributed by atoms with van der Waals surface area (Å²) in [5.74, 6) is -0.492. The van der Waals surface area contributed by atoms with Gasteiger partial charge in [-0.1, -0.05) is 18.2 Å². The van der Waals surface area contributed by atoms with E-state index in [-0.39, 0.29) is 10.9 Å². The Labute approximate surface area is 135 Å². The van der Waals surface area contributed by atoms with Crippen molar-refractivity contribution in [2.75, 3.05) is 11.4 Å². The molecule has 0 spiro atoms. The van der Waals surface area contributed by atoms with E-state index in [0.717, 1.165) is 11.3 Å². The lowest BCUT2D eigenvalue weighted by Crippen LogP contribution is -2.35. The fraction of sp³-hybridized carbons (Fsp3) is 0.235. The minimum atomic E-state index is -3.67. The minimum absolute atomic E-state index is 0.141. The van der Waals surface area contributed by atoms with Gasteiger partial charge in [-0.05, 0) is 49.2 Å². The van der Waals surface area contributed by atoms with E-state index in [2.05, 4.69) is 4.74 Å². The van der Waals surface area contributed by atoms with Crippen LogP contribution < -0.4 is 4.31 Å². The highest BCUT2D eigenvalue weighted by Gasteiger charge is 2.35. The van der Waals surface area contributed by atoms with Crippen LogP contribution >= 0.6 is 0 Å². The van der Waals surface area contributed by atoms with Crippen molar-refractivity contribution in [3.8, 4) is 0 Å². The summed E-state index contributed by atoms with van der Waals surface area (Å²) in [5.41, 5.74) is 2.06. The zero-order valence-electron chi connectivity index (χ0n) is 12.9. The molecule has 1 heterocycles. The van der Waals surface area contributed by atoms with Crippen LogP contribution in [0.4, 0.5) is 5.69 Å². The number of hydrogen-bond donors (Lipinski definition) is 0. The van der Waals surface area contributed by atoms with Crippen LogP contribution in [0.15, 0.2) is 53.4 Å². The van der Waals surface area contributed by atoms with Crippen LogP contribution in [0.5, 0.6) is 0 Å². The van der Waals surface area contributed by atoms with Gasteiger partial charge in [-0.3, -0.25) is 4.31 Å². The standard InChI is InChI=1S/C17H17NO4S/c1-12-11-14-5-3-4-6-16(14)18(12)23(20,21)15-9-7-13(8-10-15)17(19)22-2/h3-10,12H,11H2,1-2H3/t12-/m1/s1. The molecule has 0 saturated carbocycles. The van der Waals surface area contributed by atoms with Gasteiger partial charge >= 0.3 is 5.97 Å². The molecule has 6 heteroatoms. The molecule has 0 unspecified atom stereocenters. The largest absolute Gasteiger partial charge is 0.465 e. The van der Waals surface area contributed by atoms with Gasteiger partial charge in [0.1, 0.15) is 0 Å². The molecular formula is C17H17NO4S. The van der Waals surface area contributed by atoms with Crippen molar-refractivity contribution < 1.29 is 17.9 Å². The van der Waals surface area contributed by atoms with E-state index in [0.29, 0.717) is 12.0 Å². The number of benzene rings is 2. The van der Waals surface area contributed by atoms with Crippen molar-refractivity contribution in [3.05, 3.63) is 59.7 Å². The lowest BCUT2D eigenvalue weighted by Gasteiger charge is -2.24. The number of carbonyl (C=O) groups is 1. The number of ether oxygens (including phenoxy) is 1. The molecule has 120 valence electrons. The Morgan fingerprint density at radius 3 is 2.43 bits per heavy atom. The third kappa shape index (κ3) is 2.59. The first-order valence-corrected chi connectivity index (χ1v) is 8.70. The van der Waals surface area contributed by atoms with Gasteiger partial charge in [0, 0.05) is 6.04 Å². The van der Waals surface area contributed by atoms with Gasteiger partial charge in [0.2, 0.25) is 0 Å². The molecule has 1 aliphatic heterocycles. The lowest BCUT2D eigenvalue weighted by molar-refractivity contribution is 0.0600. The molecule has 0 aromatic heterocycles. The number of fused-ring (bicyclic) bond motifs is 1. The molecule has 0 radical (unpaired) electrons. The van der Waals surface area contributed by atoms with Gasteiger partial charge in [0.15, 0.2) is 0 Å². The summed E-state index contributed by atoms with van der Waals surface area (Å²) in [6.07, 6.45) is 0.690. The van der Waals surface area contributed by atoms with Crippen LogP contribution in [0.3, 0.4) is 0 Å². The van der Waals surface area contributed by atoms with Gasteiger partial charge < -0.3 is 4.74 Å². The Bertz CT molecular complexity index is 843. The zero-order valence-corrected chi connectivity index (χ0v) is 13.7. The monoisotopic (exact) mass is 331 g/mol. The summed E-state index contributed by atoms with van der Waals surface area (Å²) >= 11 is 0. The number of anilines is 1. The lowest BCUT2D eigenvalue weighted by atomic mass is 10.1. The minimum Gasteiger partial charge on any atom is -0.465 e. The van der Waals surface area contributed by atoms with Crippen molar-refractivity contribution in [1.82, 2.24) is 0 Å². The molecule has 0 N–H and O–H groups in total. The van der Waals surface area contributed by atoms with Crippen LogP contribution in [0, 0.1) is 0 Å². The number of nitrogens with zero attached hydrogens (tertiary/aromatic N) is 1. The highest BCUT2D eigenvalue weighted by molar-refractivity contribution is 7.92. The summed E-state index contributed by atoms with van der Waals surface area (Å²) < 4.78 is 32.0. The first kappa shape index (κ1) is 15.6. The maximum absolute atomic E-state index is 13.0. The van der Waals surface area contributed by atoms with E-state index in [9.17, 15) is 13.2 Å². The van der Waals surface area contributed by atoms with E-state index in [1.165, 1.54) is 35.7 Å². The summed E-state index contributed by atoms with van der Waals surface area (Å²) in [5, 5.41) is 0. The molecule has 1 aliphatic rings. The third-order valence-electron chi connectivity index (χ3n) is 3.98. The van der Waals surface area contributed by atoms with Crippen molar-refractivity contribution in [3.63, 3.8) is 0 Å². The zero-order chi connectivity index (χ0) is 16.6. The molecule has 0 fully saturated rings. The van der Waals surface area contributed by atoms with E-state index in [1.54, 1.807) is 0 Å². The average molecular weight is 331 g/mol. The molecule has 1 atom stereocenters. The van der Waals surface area contributed by atoms with Gasteiger partial charge in [-0.15, -0.1) is 0 Å². The highest BCUT2D eigenvalue weighted by Crippen LogP contribution is 2.36. The maximum atomic E-state index is 13.0. The second kappa shape index (κ2) is 5.70. The smallest absolute Gasteiger partial charge is 0.337 e.